The molecule has 1 amide bonds. The number of ether oxygens (including phenoxy) is 1. The van der Waals surface area contributed by atoms with Crippen LogP contribution >= 0.6 is 11.8 Å². The summed E-state index contributed by atoms with van der Waals surface area (Å²) in [6, 6.07) is 15.7. The lowest BCUT2D eigenvalue weighted by molar-refractivity contribution is -0.119. The second-order valence-electron chi connectivity index (χ2n) is 5.39. The Bertz CT molecular complexity index is 977. The van der Waals surface area contributed by atoms with Gasteiger partial charge in [-0.2, -0.15) is 8.78 Å². The summed E-state index contributed by atoms with van der Waals surface area (Å²) in [4.78, 5) is 28.0. The standard InChI is InChI=1S/C19H14F2N2O3S/c20-19(21)27-17-14(8-4-10-22-17)18(25)26-11-16(24)23-15-9-3-6-12-5-1-2-7-13(12)15/h1-10,19H,11H2,(H,23,24). The minimum absolute atomic E-state index is 0.110. The first kappa shape index (κ1) is 18.8. The van der Waals surface area contributed by atoms with E-state index in [-0.39, 0.29) is 22.4 Å². The summed E-state index contributed by atoms with van der Waals surface area (Å²) in [6.45, 7) is -0.546. The average molecular weight is 388 g/mol. The van der Waals surface area contributed by atoms with Crippen LogP contribution in [0.3, 0.4) is 0 Å². The van der Waals surface area contributed by atoms with Gasteiger partial charge < -0.3 is 10.1 Å². The molecule has 0 spiro atoms. The summed E-state index contributed by atoms with van der Waals surface area (Å²) < 4.78 is 30.1. The molecule has 27 heavy (non-hydrogen) atoms. The highest BCUT2D eigenvalue weighted by Gasteiger charge is 2.19. The second kappa shape index (κ2) is 8.59. The minimum Gasteiger partial charge on any atom is -0.452 e. The van der Waals surface area contributed by atoms with Gasteiger partial charge in [0.15, 0.2) is 6.61 Å². The number of esters is 1. The van der Waals surface area contributed by atoms with Crippen molar-refractivity contribution in [3.63, 3.8) is 0 Å². The number of pyridine rings is 1. The molecule has 0 aliphatic heterocycles. The number of hydrogen-bond donors (Lipinski definition) is 1. The highest BCUT2D eigenvalue weighted by Crippen LogP contribution is 2.27. The number of amides is 1. The van der Waals surface area contributed by atoms with Crippen LogP contribution in [0.2, 0.25) is 0 Å². The van der Waals surface area contributed by atoms with Gasteiger partial charge in [0.1, 0.15) is 5.03 Å². The van der Waals surface area contributed by atoms with Gasteiger partial charge in [-0.05, 0) is 35.3 Å². The average Bonchev–Trinajstić information content (AvgIpc) is 2.66. The molecule has 0 aliphatic rings. The van der Waals surface area contributed by atoms with E-state index in [2.05, 4.69) is 10.3 Å². The number of nitrogens with one attached hydrogen (secondary N) is 1. The van der Waals surface area contributed by atoms with E-state index in [9.17, 15) is 18.4 Å². The second-order valence-corrected chi connectivity index (χ2v) is 6.36. The van der Waals surface area contributed by atoms with Gasteiger partial charge in [-0.25, -0.2) is 9.78 Å². The first-order valence-electron chi connectivity index (χ1n) is 7.89. The molecular weight excluding hydrogens is 374 g/mol. The molecule has 0 atom stereocenters. The molecule has 3 rings (SSSR count). The molecule has 3 aromatic rings. The molecule has 1 heterocycles. The van der Waals surface area contributed by atoms with Crippen LogP contribution in [0.25, 0.3) is 10.8 Å². The van der Waals surface area contributed by atoms with Gasteiger partial charge >= 0.3 is 5.97 Å². The fourth-order valence-corrected chi connectivity index (χ4v) is 3.02. The van der Waals surface area contributed by atoms with Gasteiger partial charge in [0.25, 0.3) is 11.7 Å². The molecule has 0 radical (unpaired) electrons. The number of carbonyl (C=O) groups is 2. The van der Waals surface area contributed by atoms with Gasteiger partial charge in [0.2, 0.25) is 0 Å². The van der Waals surface area contributed by atoms with Crippen LogP contribution in [0.4, 0.5) is 14.5 Å². The van der Waals surface area contributed by atoms with Crippen molar-refractivity contribution in [2.45, 2.75) is 10.8 Å². The molecule has 0 saturated carbocycles. The number of nitrogens with zero attached hydrogens (tertiary/aromatic N) is 1. The van der Waals surface area contributed by atoms with Crippen LogP contribution in [0.1, 0.15) is 10.4 Å². The van der Waals surface area contributed by atoms with Crippen molar-refractivity contribution >= 4 is 40.1 Å². The van der Waals surface area contributed by atoms with Crippen LogP contribution in [0.5, 0.6) is 0 Å². The van der Waals surface area contributed by atoms with Crippen LogP contribution in [-0.2, 0) is 9.53 Å². The van der Waals surface area contributed by atoms with Gasteiger partial charge in [-0.1, -0.05) is 36.4 Å². The first-order chi connectivity index (χ1) is 13.0. The fourth-order valence-electron chi connectivity index (χ4n) is 2.45. The maximum Gasteiger partial charge on any atom is 0.341 e. The molecule has 0 aliphatic carbocycles. The van der Waals surface area contributed by atoms with Crippen molar-refractivity contribution in [2.24, 2.45) is 0 Å². The van der Waals surface area contributed by atoms with Gasteiger partial charge in [0, 0.05) is 17.3 Å². The molecule has 0 fully saturated rings. The van der Waals surface area contributed by atoms with Crippen molar-refractivity contribution in [3.8, 4) is 0 Å². The predicted molar refractivity (Wildman–Crippen MR) is 99.0 cm³/mol. The molecule has 1 N–H and O–H groups in total. The molecule has 0 saturated heterocycles. The van der Waals surface area contributed by atoms with Crippen molar-refractivity contribution < 1.29 is 23.1 Å². The summed E-state index contributed by atoms with van der Waals surface area (Å²) in [5.74, 6) is -4.15. The number of carbonyl (C=O) groups excluding carboxylic acids is 2. The Labute approximate surface area is 157 Å². The number of hydrogen-bond acceptors (Lipinski definition) is 5. The molecule has 8 heteroatoms. The number of alkyl halides is 2. The smallest absolute Gasteiger partial charge is 0.341 e. The van der Waals surface area contributed by atoms with E-state index in [0.717, 1.165) is 10.8 Å². The van der Waals surface area contributed by atoms with Crippen molar-refractivity contribution in [2.75, 3.05) is 11.9 Å². The Morgan fingerprint density at radius 2 is 1.85 bits per heavy atom. The van der Waals surface area contributed by atoms with Crippen LogP contribution in [0.15, 0.2) is 65.8 Å². The quantitative estimate of drug-likeness (QED) is 0.502. The Kier molecular flexibility index (Phi) is 5.97. The lowest BCUT2D eigenvalue weighted by Crippen LogP contribution is -2.21. The van der Waals surface area contributed by atoms with Gasteiger partial charge in [-0.15, -0.1) is 0 Å². The molecule has 5 nitrogen and oxygen atoms in total. The molecular formula is C19H14F2N2O3S. The highest BCUT2D eigenvalue weighted by atomic mass is 32.2. The number of thioether (sulfide) groups is 1. The monoisotopic (exact) mass is 388 g/mol. The van der Waals surface area contributed by atoms with E-state index >= 15 is 0 Å². The maximum absolute atomic E-state index is 12.6. The summed E-state index contributed by atoms with van der Waals surface area (Å²) in [5, 5.41) is 4.34. The molecule has 0 unspecified atom stereocenters. The van der Waals surface area contributed by atoms with Crippen molar-refractivity contribution in [1.29, 1.82) is 0 Å². The lowest BCUT2D eigenvalue weighted by Gasteiger charge is -2.10. The lowest BCUT2D eigenvalue weighted by atomic mass is 10.1. The van der Waals surface area contributed by atoms with Crippen LogP contribution < -0.4 is 5.32 Å². The summed E-state index contributed by atoms with van der Waals surface area (Å²) in [7, 11) is 0. The number of aromatic nitrogens is 1. The molecule has 138 valence electrons. The molecule has 2 aromatic carbocycles. The Balaban J connectivity index is 1.65. The van der Waals surface area contributed by atoms with E-state index in [1.807, 2.05) is 30.3 Å². The van der Waals surface area contributed by atoms with Crippen molar-refractivity contribution in [3.05, 3.63) is 66.4 Å². The van der Waals surface area contributed by atoms with E-state index in [4.69, 9.17) is 4.74 Å². The number of halogens is 2. The maximum atomic E-state index is 12.6. The van der Waals surface area contributed by atoms with E-state index < -0.39 is 24.2 Å². The summed E-state index contributed by atoms with van der Waals surface area (Å²) >= 11 is 0.146. The first-order valence-corrected chi connectivity index (χ1v) is 8.77. The van der Waals surface area contributed by atoms with Gasteiger partial charge in [-0.3, -0.25) is 4.79 Å². The third kappa shape index (κ3) is 4.79. The Morgan fingerprint density at radius 1 is 1.07 bits per heavy atom. The van der Waals surface area contributed by atoms with E-state index in [0.29, 0.717) is 5.69 Å². The zero-order valence-corrected chi connectivity index (χ0v) is 14.7. The zero-order valence-electron chi connectivity index (χ0n) is 13.9. The highest BCUT2D eigenvalue weighted by molar-refractivity contribution is 7.99. The SMILES string of the molecule is O=C(COC(=O)c1cccnc1SC(F)F)Nc1cccc2ccccc12. The number of rotatable bonds is 6. The normalized spacial score (nSPS) is 10.8. The third-order valence-corrected chi connectivity index (χ3v) is 4.32. The number of benzene rings is 2. The van der Waals surface area contributed by atoms with Crippen molar-refractivity contribution in [1.82, 2.24) is 4.98 Å². The summed E-state index contributed by atoms with van der Waals surface area (Å²) in [6.07, 6.45) is 1.30. The summed E-state index contributed by atoms with van der Waals surface area (Å²) in [5.41, 5.74) is 0.477. The predicted octanol–water partition coefficient (Wildman–Crippen LogP) is 4.35. The largest absolute Gasteiger partial charge is 0.452 e. The number of fused-ring (bicyclic) bond motifs is 1. The minimum atomic E-state index is -2.72. The molecule has 1 aromatic heterocycles. The molecule has 0 bridgehead atoms. The van der Waals surface area contributed by atoms with E-state index in [1.165, 1.54) is 18.3 Å². The topological polar surface area (TPSA) is 68.3 Å². The van der Waals surface area contributed by atoms with Crippen LogP contribution in [-0.4, -0.2) is 29.2 Å². The van der Waals surface area contributed by atoms with Crippen LogP contribution in [0, 0.1) is 0 Å². The Hall–Kier alpha value is -3.00. The fraction of sp³-hybridized carbons (Fsp3) is 0.105. The van der Waals surface area contributed by atoms with E-state index in [1.54, 1.807) is 12.1 Å². The van der Waals surface area contributed by atoms with Gasteiger partial charge in [0.05, 0.1) is 5.56 Å². The number of anilines is 1. The third-order valence-electron chi connectivity index (χ3n) is 3.59. The Morgan fingerprint density at radius 3 is 2.67 bits per heavy atom. The zero-order chi connectivity index (χ0) is 19.2.